The van der Waals surface area contributed by atoms with Crippen molar-refractivity contribution in [2.75, 3.05) is 13.1 Å². The predicted molar refractivity (Wildman–Crippen MR) is 102 cm³/mol. The first kappa shape index (κ1) is 18.6. The van der Waals surface area contributed by atoms with Crippen LogP contribution in [0.15, 0.2) is 54.6 Å². The number of benzene rings is 2. The Labute approximate surface area is 155 Å². The second-order valence-electron chi connectivity index (χ2n) is 7.25. The van der Waals surface area contributed by atoms with Gasteiger partial charge in [-0.05, 0) is 61.0 Å². The fourth-order valence-electron chi connectivity index (χ4n) is 3.70. The van der Waals surface area contributed by atoms with Crippen LogP contribution >= 0.6 is 0 Å². The first-order valence-corrected chi connectivity index (χ1v) is 9.44. The van der Waals surface area contributed by atoms with Gasteiger partial charge < -0.3 is 10.6 Å². The molecule has 3 rings (SSSR count). The van der Waals surface area contributed by atoms with Crippen molar-refractivity contribution in [3.8, 4) is 0 Å². The van der Waals surface area contributed by atoms with Gasteiger partial charge >= 0.3 is 0 Å². The molecular formula is C22H27FN2O. The molecule has 2 N–H and O–H groups in total. The van der Waals surface area contributed by atoms with E-state index in [0.717, 1.165) is 24.2 Å². The molecule has 0 spiro atoms. The summed E-state index contributed by atoms with van der Waals surface area (Å²) in [6.07, 6.45) is 2.87. The molecule has 2 aromatic carbocycles. The van der Waals surface area contributed by atoms with E-state index >= 15 is 0 Å². The Hall–Kier alpha value is -2.20. The van der Waals surface area contributed by atoms with Crippen LogP contribution in [0.3, 0.4) is 0 Å². The van der Waals surface area contributed by atoms with Gasteiger partial charge in [0.05, 0.1) is 6.04 Å². The molecule has 1 saturated heterocycles. The largest absolute Gasteiger partial charge is 0.345 e. The minimum absolute atomic E-state index is 0.0428. The van der Waals surface area contributed by atoms with Gasteiger partial charge in [-0.2, -0.15) is 0 Å². The van der Waals surface area contributed by atoms with Gasteiger partial charge in [-0.3, -0.25) is 4.79 Å². The van der Waals surface area contributed by atoms with Gasteiger partial charge in [0, 0.05) is 6.42 Å². The van der Waals surface area contributed by atoms with Crippen LogP contribution in [-0.4, -0.2) is 19.0 Å². The van der Waals surface area contributed by atoms with E-state index in [4.69, 9.17) is 0 Å². The third-order valence-corrected chi connectivity index (χ3v) is 5.29. The average molecular weight is 354 g/mol. The highest BCUT2D eigenvalue weighted by atomic mass is 19.1. The molecule has 0 bridgehead atoms. The van der Waals surface area contributed by atoms with Crippen LogP contribution in [0.2, 0.25) is 0 Å². The van der Waals surface area contributed by atoms with Crippen LogP contribution in [0.4, 0.5) is 4.39 Å². The average Bonchev–Trinajstić information content (AvgIpc) is 2.68. The van der Waals surface area contributed by atoms with E-state index in [0.29, 0.717) is 18.3 Å². The summed E-state index contributed by atoms with van der Waals surface area (Å²) in [7, 11) is 0. The monoisotopic (exact) mass is 354 g/mol. The van der Waals surface area contributed by atoms with Gasteiger partial charge in [-0.25, -0.2) is 4.39 Å². The van der Waals surface area contributed by atoms with Gasteiger partial charge in [0.2, 0.25) is 5.91 Å². The molecule has 1 amide bonds. The van der Waals surface area contributed by atoms with Crippen molar-refractivity contribution in [1.82, 2.24) is 10.6 Å². The Balaban J connectivity index is 1.70. The Morgan fingerprint density at radius 3 is 2.50 bits per heavy atom. The maximum Gasteiger partial charge on any atom is 0.221 e. The molecule has 4 heteroatoms. The number of carbonyl (C=O) groups is 1. The molecule has 0 aliphatic carbocycles. The molecule has 3 unspecified atom stereocenters. The van der Waals surface area contributed by atoms with Crippen molar-refractivity contribution in [3.63, 3.8) is 0 Å². The summed E-state index contributed by atoms with van der Waals surface area (Å²) in [4.78, 5) is 12.7. The molecule has 138 valence electrons. The third-order valence-electron chi connectivity index (χ3n) is 5.29. The SMILES string of the molecule is CC(CC(=O)NC(c1ccccc1)c1ccc(F)cc1)C1CCCNC1. The van der Waals surface area contributed by atoms with E-state index in [9.17, 15) is 9.18 Å². The van der Waals surface area contributed by atoms with Crippen molar-refractivity contribution < 1.29 is 9.18 Å². The summed E-state index contributed by atoms with van der Waals surface area (Å²) in [6, 6.07) is 15.9. The van der Waals surface area contributed by atoms with Gasteiger partial charge in [-0.15, -0.1) is 0 Å². The Morgan fingerprint density at radius 2 is 1.85 bits per heavy atom. The lowest BCUT2D eigenvalue weighted by molar-refractivity contribution is -0.122. The first-order valence-electron chi connectivity index (χ1n) is 9.44. The standard InChI is InChI=1S/C22H27FN2O/c1-16(19-8-5-13-24-15-19)14-21(26)25-22(17-6-3-2-4-7-17)18-9-11-20(23)12-10-18/h2-4,6-7,9-12,16,19,22,24H,5,8,13-15H2,1H3,(H,25,26). The van der Waals surface area contributed by atoms with Gasteiger partial charge in [0.1, 0.15) is 5.82 Å². The van der Waals surface area contributed by atoms with Crippen molar-refractivity contribution in [1.29, 1.82) is 0 Å². The number of halogens is 1. The fourth-order valence-corrected chi connectivity index (χ4v) is 3.70. The Bertz CT molecular complexity index is 696. The van der Waals surface area contributed by atoms with E-state index < -0.39 is 0 Å². The maximum atomic E-state index is 13.3. The lowest BCUT2D eigenvalue weighted by atomic mass is 9.85. The van der Waals surface area contributed by atoms with Crippen LogP contribution in [0.25, 0.3) is 0 Å². The number of hydrogen-bond acceptors (Lipinski definition) is 2. The molecular weight excluding hydrogens is 327 g/mol. The lowest BCUT2D eigenvalue weighted by Gasteiger charge is -2.28. The third kappa shape index (κ3) is 4.92. The predicted octanol–water partition coefficient (Wildman–Crippen LogP) is 4.06. The molecule has 3 atom stereocenters. The maximum absolute atomic E-state index is 13.3. The van der Waals surface area contributed by atoms with Crippen LogP contribution in [0, 0.1) is 17.7 Å². The Morgan fingerprint density at radius 1 is 1.15 bits per heavy atom. The highest BCUT2D eigenvalue weighted by Gasteiger charge is 2.24. The summed E-state index contributed by atoms with van der Waals surface area (Å²) in [5, 5.41) is 6.58. The van der Waals surface area contributed by atoms with Gasteiger partial charge in [0.25, 0.3) is 0 Å². The number of carbonyl (C=O) groups excluding carboxylic acids is 1. The van der Waals surface area contributed by atoms with Crippen molar-refractivity contribution in [2.24, 2.45) is 11.8 Å². The molecule has 0 saturated carbocycles. The summed E-state index contributed by atoms with van der Waals surface area (Å²) in [5.41, 5.74) is 1.89. The van der Waals surface area contributed by atoms with E-state index in [1.165, 1.54) is 25.0 Å². The topological polar surface area (TPSA) is 41.1 Å². The zero-order valence-corrected chi connectivity index (χ0v) is 15.2. The number of rotatable bonds is 6. The quantitative estimate of drug-likeness (QED) is 0.821. The lowest BCUT2D eigenvalue weighted by Crippen LogP contribution is -2.36. The normalized spacial score (nSPS) is 19.5. The molecule has 1 fully saturated rings. The van der Waals surface area contributed by atoms with Crippen molar-refractivity contribution in [3.05, 3.63) is 71.5 Å². The fraction of sp³-hybridized carbons (Fsp3) is 0.409. The summed E-state index contributed by atoms with van der Waals surface area (Å²) >= 11 is 0. The van der Waals surface area contributed by atoms with Crippen molar-refractivity contribution >= 4 is 5.91 Å². The Kier molecular flexibility index (Phi) is 6.40. The van der Waals surface area contributed by atoms with E-state index in [1.54, 1.807) is 12.1 Å². The zero-order chi connectivity index (χ0) is 18.4. The number of hydrogen-bond donors (Lipinski definition) is 2. The molecule has 1 aliphatic heterocycles. The molecule has 1 aliphatic rings. The molecule has 0 aromatic heterocycles. The smallest absolute Gasteiger partial charge is 0.221 e. The van der Waals surface area contributed by atoms with E-state index in [1.807, 2.05) is 30.3 Å². The van der Waals surface area contributed by atoms with Crippen LogP contribution in [0.1, 0.15) is 43.4 Å². The number of piperidine rings is 1. The van der Waals surface area contributed by atoms with E-state index in [2.05, 4.69) is 17.6 Å². The molecule has 0 radical (unpaired) electrons. The van der Waals surface area contributed by atoms with E-state index in [-0.39, 0.29) is 17.8 Å². The van der Waals surface area contributed by atoms with Crippen LogP contribution < -0.4 is 10.6 Å². The summed E-state index contributed by atoms with van der Waals surface area (Å²) < 4.78 is 13.3. The molecule has 1 heterocycles. The second kappa shape index (κ2) is 8.95. The number of nitrogens with one attached hydrogen (secondary N) is 2. The molecule has 3 nitrogen and oxygen atoms in total. The molecule has 26 heavy (non-hydrogen) atoms. The molecule has 2 aromatic rings. The van der Waals surface area contributed by atoms with Gasteiger partial charge in [-0.1, -0.05) is 49.4 Å². The van der Waals surface area contributed by atoms with Crippen LogP contribution in [0.5, 0.6) is 0 Å². The minimum atomic E-state index is -0.273. The summed E-state index contributed by atoms with van der Waals surface area (Å²) in [5.74, 6) is 0.662. The van der Waals surface area contributed by atoms with Gasteiger partial charge in [0.15, 0.2) is 0 Å². The summed E-state index contributed by atoms with van der Waals surface area (Å²) in [6.45, 7) is 4.23. The van der Waals surface area contributed by atoms with Crippen LogP contribution in [-0.2, 0) is 4.79 Å². The first-order chi connectivity index (χ1) is 12.6. The number of amides is 1. The minimum Gasteiger partial charge on any atom is -0.345 e. The highest BCUT2D eigenvalue weighted by Crippen LogP contribution is 2.25. The van der Waals surface area contributed by atoms with Crippen molar-refractivity contribution in [2.45, 2.75) is 32.2 Å². The highest BCUT2D eigenvalue weighted by molar-refractivity contribution is 5.77. The zero-order valence-electron chi connectivity index (χ0n) is 15.2. The second-order valence-corrected chi connectivity index (χ2v) is 7.25.